The summed E-state index contributed by atoms with van der Waals surface area (Å²) in [5.41, 5.74) is 7.30. The average Bonchev–Trinajstić information content (AvgIpc) is 2.33. The molecule has 3 N–H and O–H groups in total. The summed E-state index contributed by atoms with van der Waals surface area (Å²) in [5.74, 6) is -0.254. The number of nitrogens with one attached hydrogen (secondary N) is 1. The Labute approximate surface area is 132 Å². The van der Waals surface area contributed by atoms with Crippen LogP contribution in [-0.4, -0.2) is 5.91 Å². The van der Waals surface area contributed by atoms with Gasteiger partial charge in [-0.3, -0.25) is 4.79 Å². The van der Waals surface area contributed by atoms with Crippen LogP contribution in [0.25, 0.3) is 0 Å². The van der Waals surface area contributed by atoms with Gasteiger partial charge >= 0.3 is 0 Å². The van der Waals surface area contributed by atoms with Crippen molar-refractivity contribution in [2.24, 2.45) is 0 Å². The molecule has 19 heavy (non-hydrogen) atoms. The van der Waals surface area contributed by atoms with E-state index in [0.29, 0.717) is 26.4 Å². The summed E-state index contributed by atoms with van der Waals surface area (Å²) in [7, 11) is 0. The summed E-state index contributed by atoms with van der Waals surface area (Å²) < 4.78 is 1.40. The van der Waals surface area contributed by atoms with Crippen molar-refractivity contribution in [2.45, 2.75) is 0 Å². The second-order valence-corrected chi connectivity index (χ2v) is 5.94. The Balaban J connectivity index is 2.28. The summed E-state index contributed by atoms with van der Waals surface area (Å²) in [5, 5.41) is 3.31. The Morgan fingerprint density at radius 3 is 2.63 bits per heavy atom. The molecular formula is C13H9Br2ClN2O. The Hall–Kier alpha value is -1.04. The number of halogens is 3. The van der Waals surface area contributed by atoms with E-state index in [1.165, 1.54) is 0 Å². The zero-order valence-corrected chi connectivity index (χ0v) is 13.5. The van der Waals surface area contributed by atoms with Gasteiger partial charge in [0.25, 0.3) is 5.91 Å². The zero-order chi connectivity index (χ0) is 14.0. The van der Waals surface area contributed by atoms with Crippen LogP contribution in [0.15, 0.2) is 45.3 Å². The van der Waals surface area contributed by atoms with Crippen molar-refractivity contribution < 1.29 is 4.79 Å². The molecule has 3 nitrogen and oxygen atoms in total. The van der Waals surface area contributed by atoms with Crippen molar-refractivity contribution in [3.8, 4) is 0 Å². The standard InChI is InChI=1S/C13H9Br2ClN2O/c14-8-4-7(5-9(17)6-8)13(19)18-11-3-1-2-10(16)12(11)15/h1-6H,17H2,(H,18,19). The molecule has 6 heteroatoms. The van der Waals surface area contributed by atoms with Gasteiger partial charge in [0.2, 0.25) is 0 Å². The maximum atomic E-state index is 12.1. The Kier molecular flexibility index (Phi) is 4.50. The van der Waals surface area contributed by atoms with Crippen molar-refractivity contribution in [1.29, 1.82) is 0 Å². The summed E-state index contributed by atoms with van der Waals surface area (Å²) in [4.78, 5) is 12.1. The Morgan fingerprint density at radius 1 is 1.21 bits per heavy atom. The molecule has 2 aromatic carbocycles. The van der Waals surface area contributed by atoms with Crippen LogP contribution in [-0.2, 0) is 0 Å². The second kappa shape index (κ2) is 5.94. The van der Waals surface area contributed by atoms with Gasteiger partial charge < -0.3 is 11.1 Å². The van der Waals surface area contributed by atoms with E-state index in [4.69, 9.17) is 17.3 Å². The van der Waals surface area contributed by atoms with Crippen LogP contribution in [0.2, 0.25) is 5.02 Å². The quantitative estimate of drug-likeness (QED) is 0.713. The SMILES string of the molecule is Nc1cc(Br)cc(C(=O)Nc2cccc(Cl)c2Br)c1. The van der Waals surface area contributed by atoms with Crippen LogP contribution >= 0.6 is 43.5 Å². The summed E-state index contributed by atoms with van der Waals surface area (Å²) >= 11 is 12.6. The molecule has 2 aromatic rings. The van der Waals surface area contributed by atoms with Gasteiger partial charge in [-0.2, -0.15) is 0 Å². The number of anilines is 2. The van der Waals surface area contributed by atoms with E-state index in [1.807, 2.05) is 0 Å². The maximum Gasteiger partial charge on any atom is 0.255 e. The van der Waals surface area contributed by atoms with Crippen LogP contribution in [0.5, 0.6) is 0 Å². The lowest BCUT2D eigenvalue weighted by molar-refractivity contribution is 0.102. The molecule has 0 radical (unpaired) electrons. The first kappa shape index (κ1) is 14.4. The van der Waals surface area contributed by atoms with Crippen molar-refractivity contribution in [2.75, 3.05) is 11.1 Å². The monoisotopic (exact) mass is 402 g/mol. The minimum absolute atomic E-state index is 0.254. The van der Waals surface area contributed by atoms with E-state index in [1.54, 1.807) is 36.4 Å². The third-order valence-corrected chi connectivity index (χ3v) is 4.24. The number of carbonyl (C=O) groups excluding carboxylic acids is 1. The van der Waals surface area contributed by atoms with E-state index >= 15 is 0 Å². The van der Waals surface area contributed by atoms with Crippen LogP contribution in [0.4, 0.5) is 11.4 Å². The fourth-order valence-electron chi connectivity index (χ4n) is 1.54. The first-order valence-corrected chi connectivity index (χ1v) is 7.25. The molecule has 0 aliphatic heterocycles. The third-order valence-electron chi connectivity index (χ3n) is 2.38. The molecule has 0 aliphatic rings. The van der Waals surface area contributed by atoms with E-state index in [-0.39, 0.29) is 5.91 Å². The van der Waals surface area contributed by atoms with Crippen LogP contribution in [0.3, 0.4) is 0 Å². The lowest BCUT2D eigenvalue weighted by Crippen LogP contribution is -2.12. The molecule has 0 saturated carbocycles. The summed E-state index contributed by atoms with van der Waals surface area (Å²) in [6, 6.07) is 10.3. The number of amides is 1. The molecule has 1 amide bonds. The fourth-order valence-corrected chi connectivity index (χ4v) is 2.59. The molecule has 0 aliphatic carbocycles. The molecule has 0 spiro atoms. The third kappa shape index (κ3) is 3.49. The smallest absolute Gasteiger partial charge is 0.255 e. The van der Waals surface area contributed by atoms with E-state index < -0.39 is 0 Å². The van der Waals surface area contributed by atoms with Gasteiger partial charge in [0.1, 0.15) is 0 Å². The minimum atomic E-state index is -0.254. The fraction of sp³-hybridized carbons (Fsp3) is 0. The predicted molar refractivity (Wildman–Crippen MR) is 85.7 cm³/mol. The molecule has 0 fully saturated rings. The molecule has 2 rings (SSSR count). The van der Waals surface area contributed by atoms with Gasteiger partial charge in [-0.05, 0) is 46.3 Å². The van der Waals surface area contributed by atoms with Crippen molar-refractivity contribution in [3.05, 3.63) is 55.9 Å². The normalized spacial score (nSPS) is 10.3. The van der Waals surface area contributed by atoms with Gasteiger partial charge in [0.15, 0.2) is 0 Å². The number of nitrogens with two attached hydrogens (primary N) is 1. The predicted octanol–water partition coefficient (Wildman–Crippen LogP) is 4.70. The first-order valence-electron chi connectivity index (χ1n) is 5.29. The molecular weight excluding hydrogens is 395 g/mol. The van der Waals surface area contributed by atoms with E-state index in [9.17, 15) is 4.79 Å². The molecule has 0 bridgehead atoms. The number of rotatable bonds is 2. The average molecular weight is 404 g/mol. The van der Waals surface area contributed by atoms with Gasteiger partial charge in [-0.1, -0.05) is 33.6 Å². The summed E-state index contributed by atoms with van der Waals surface area (Å²) in [6.07, 6.45) is 0. The molecule has 0 atom stereocenters. The van der Waals surface area contributed by atoms with Crippen LogP contribution < -0.4 is 11.1 Å². The van der Waals surface area contributed by atoms with Crippen LogP contribution in [0.1, 0.15) is 10.4 Å². The number of benzene rings is 2. The number of hydrogen-bond donors (Lipinski definition) is 2. The number of carbonyl (C=O) groups is 1. The highest BCUT2D eigenvalue weighted by atomic mass is 79.9. The highest BCUT2D eigenvalue weighted by molar-refractivity contribution is 9.11. The first-order chi connectivity index (χ1) is 8.97. The molecule has 0 unspecified atom stereocenters. The highest BCUT2D eigenvalue weighted by Crippen LogP contribution is 2.30. The molecule has 0 saturated heterocycles. The van der Waals surface area contributed by atoms with E-state index in [2.05, 4.69) is 37.2 Å². The van der Waals surface area contributed by atoms with Crippen molar-refractivity contribution in [3.63, 3.8) is 0 Å². The van der Waals surface area contributed by atoms with Gasteiger partial charge in [0, 0.05) is 15.7 Å². The second-order valence-electron chi connectivity index (χ2n) is 3.83. The lowest BCUT2D eigenvalue weighted by Gasteiger charge is -2.09. The number of hydrogen-bond acceptors (Lipinski definition) is 2. The molecule has 0 heterocycles. The lowest BCUT2D eigenvalue weighted by atomic mass is 10.2. The number of nitrogen functional groups attached to an aromatic ring is 1. The van der Waals surface area contributed by atoms with Crippen molar-refractivity contribution >= 4 is 60.7 Å². The maximum absolute atomic E-state index is 12.1. The summed E-state index contributed by atoms with van der Waals surface area (Å²) in [6.45, 7) is 0. The Bertz CT molecular complexity index is 626. The van der Waals surface area contributed by atoms with Gasteiger partial charge in [-0.25, -0.2) is 0 Å². The molecule has 0 aromatic heterocycles. The topological polar surface area (TPSA) is 55.1 Å². The van der Waals surface area contributed by atoms with Gasteiger partial charge in [-0.15, -0.1) is 0 Å². The van der Waals surface area contributed by atoms with Crippen molar-refractivity contribution in [1.82, 2.24) is 0 Å². The zero-order valence-electron chi connectivity index (χ0n) is 9.58. The Morgan fingerprint density at radius 2 is 1.95 bits per heavy atom. The largest absolute Gasteiger partial charge is 0.399 e. The molecule has 98 valence electrons. The van der Waals surface area contributed by atoms with Crippen LogP contribution in [0, 0.1) is 0 Å². The van der Waals surface area contributed by atoms with Gasteiger partial charge in [0.05, 0.1) is 15.2 Å². The highest BCUT2D eigenvalue weighted by Gasteiger charge is 2.11. The minimum Gasteiger partial charge on any atom is -0.399 e. The van der Waals surface area contributed by atoms with E-state index in [0.717, 1.165) is 4.47 Å².